The highest BCUT2D eigenvalue weighted by atomic mass is 19.1. The van der Waals surface area contributed by atoms with Gasteiger partial charge in [0.1, 0.15) is 29.7 Å². The standard InChI is InChI=1S/C38H34F2N6O2/c1-47-28-9-6-22(7-10-28)21-2-4-23(5-3-21)38-46-33-11-8-24(31-18-41-20-44-31)12-26(33)14-34(46)36-29(40)13-25(15-35(36)48-38)32-19-43-37(45-32)30-16-27(39)17-42-30/h2-6,8-12,14-15,18-20,22,27,29-30,38,42H,7,13,16-17H2,1H3,(H,41,44)(H,43,45). The summed E-state index contributed by atoms with van der Waals surface area (Å²) < 4.78 is 44.6. The molecule has 4 aliphatic rings. The summed E-state index contributed by atoms with van der Waals surface area (Å²) in [7, 11) is 1.69. The lowest BCUT2D eigenvalue weighted by Crippen LogP contribution is -2.26. The minimum Gasteiger partial charge on any atom is -0.497 e. The molecule has 3 aromatic heterocycles. The quantitative estimate of drug-likeness (QED) is 0.175. The Labute approximate surface area is 275 Å². The van der Waals surface area contributed by atoms with Gasteiger partial charge in [-0.05, 0) is 54.0 Å². The van der Waals surface area contributed by atoms with Gasteiger partial charge in [-0.15, -0.1) is 0 Å². The van der Waals surface area contributed by atoms with Crippen LogP contribution in [0.4, 0.5) is 8.78 Å². The molecule has 1 saturated heterocycles. The molecule has 2 aliphatic carbocycles. The molecular formula is C38H34F2N6O2. The summed E-state index contributed by atoms with van der Waals surface area (Å²) in [5, 5.41) is 4.15. The first-order valence-electron chi connectivity index (χ1n) is 16.4. The van der Waals surface area contributed by atoms with E-state index < -0.39 is 18.6 Å². The normalized spacial score (nSPS) is 25.0. The van der Waals surface area contributed by atoms with Crippen molar-refractivity contribution < 1.29 is 18.3 Å². The van der Waals surface area contributed by atoms with Gasteiger partial charge in [0.15, 0.2) is 0 Å². The summed E-state index contributed by atoms with van der Waals surface area (Å²) >= 11 is 0. The van der Waals surface area contributed by atoms with Crippen LogP contribution in [-0.4, -0.2) is 50.5 Å². The lowest BCUT2D eigenvalue weighted by molar-refractivity contribution is 0.0932. The molecule has 0 amide bonds. The van der Waals surface area contributed by atoms with Crippen LogP contribution < -0.4 is 5.32 Å². The maximum atomic E-state index is 16.4. The van der Waals surface area contributed by atoms with E-state index in [1.165, 1.54) is 5.56 Å². The predicted octanol–water partition coefficient (Wildman–Crippen LogP) is 7.81. The molecule has 0 bridgehead atoms. The molecule has 0 radical (unpaired) electrons. The highest BCUT2D eigenvalue weighted by Crippen LogP contribution is 2.47. The smallest absolute Gasteiger partial charge is 0.203 e. The van der Waals surface area contributed by atoms with E-state index in [-0.39, 0.29) is 18.4 Å². The van der Waals surface area contributed by atoms with Crippen LogP contribution in [-0.2, 0) is 9.47 Å². The summed E-state index contributed by atoms with van der Waals surface area (Å²) in [6, 6.07) is 16.6. The molecular weight excluding hydrogens is 610 g/mol. The molecule has 5 unspecified atom stereocenters. The third-order valence-corrected chi connectivity index (χ3v) is 9.98. The number of nitrogens with zero attached hydrogens (tertiary/aromatic N) is 3. The first kappa shape index (κ1) is 29.0. The number of ether oxygens (including phenoxy) is 2. The zero-order valence-corrected chi connectivity index (χ0v) is 26.3. The summed E-state index contributed by atoms with van der Waals surface area (Å²) in [5.74, 6) is 2.31. The Morgan fingerprint density at radius 3 is 2.65 bits per heavy atom. The van der Waals surface area contributed by atoms with Crippen molar-refractivity contribution in [3.8, 4) is 11.3 Å². The second-order valence-corrected chi connectivity index (χ2v) is 12.9. The first-order valence-corrected chi connectivity index (χ1v) is 16.4. The Hall–Kier alpha value is -5.22. The second kappa shape index (κ2) is 11.5. The molecule has 0 spiro atoms. The van der Waals surface area contributed by atoms with E-state index in [2.05, 4.69) is 90.5 Å². The van der Waals surface area contributed by atoms with Gasteiger partial charge < -0.3 is 29.3 Å². The second-order valence-electron chi connectivity index (χ2n) is 12.9. The molecule has 1 fully saturated rings. The predicted molar refractivity (Wildman–Crippen MR) is 180 cm³/mol. The first-order chi connectivity index (χ1) is 23.5. The van der Waals surface area contributed by atoms with E-state index in [4.69, 9.17) is 9.47 Å². The number of halogens is 2. The monoisotopic (exact) mass is 644 g/mol. The van der Waals surface area contributed by atoms with Crippen molar-refractivity contribution in [2.24, 2.45) is 0 Å². The number of aromatic amines is 2. The van der Waals surface area contributed by atoms with E-state index in [0.29, 0.717) is 35.8 Å². The lowest BCUT2D eigenvalue weighted by atomic mass is 9.90. The molecule has 8 nitrogen and oxygen atoms in total. The number of aromatic nitrogens is 5. The highest BCUT2D eigenvalue weighted by Gasteiger charge is 2.37. The zero-order valence-electron chi connectivity index (χ0n) is 26.3. The van der Waals surface area contributed by atoms with Gasteiger partial charge in [-0.3, -0.25) is 0 Å². The van der Waals surface area contributed by atoms with Crippen molar-refractivity contribution >= 4 is 22.0 Å². The number of rotatable bonds is 6. The minimum atomic E-state index is -1.30. The van der Waals surface area contributed by atoms with Crippen LogP contribution in [0.5, 0.6) is 0 Å². The van der Waals surface area contributed by atoms with Crippen molar-refractivity contribution in [1.82, 2.24) is 29.8 Å². The number of alkyl halides is 2. The number of imidazole rings is 2. The molecule has 5 heterocycles. The van der Waals surface area contributed by atoms with Crippen LogP contribution in [0, 0.1) is 0 Å². The summed E-state index contributed by atoms with van der Waals surface area (Å²) in [6.45, 7) is 0.308. The minimum absolute atomic E-state index is 0.169. The van der Waals surface area contributed by atoms with Gasteiger partial charge in [-0.2, -0.15) is 0 Å². The molecule has 48 heavy (non-hydrogen) atoms. The summed E-state index contributed by atoms with van der Waals surface area (Å²) in [6.07, 6.45) is 12.1. The van der Waals surface area contributed by atoms with E-state index in [9.17, 15) is 4.39 Å². The molecule has 3 N–H and O–H groups in total. The van der Waals surface area contributed by atoms with E-state index in [1.54, 1.807) is 25.8 Å². The van der Waals surface area contributed by atoms with E-state index in [1.807, 2.05) is 12.2 Å². The number of benzene rings is 2. The molecule has 2 aromatic carbocycles. The number of hydrogen-bond donors (Lipinski definition) is 3. The number of methoxy groups -OCH3 is 1. The van der Waals surface area contributed by atoms with Gasteiger partial charge in [0.2, 0.25) is 6.23 Å². The largest absolute Gasteiger partial charge is 0.497 e. The number of nitrogens with one attached hydrogen (secondary N) is 3. The summed E-state index contributed by atoms with van der Waals surface area (Å²) in [4.78, 5) is 15.2. The van der Waals surface area contributed by atoms with Crippen LogP contribution in [0.3, 0.4) is 0 Å². The Balaban J connectivity index is 1.12. The van der Waals surface area contributed by atoms with Gasteiger partial charge in [0, 0.05) is 41.8 Å². The third-order valence-electron chi connectivity index (χ3n) is 9.98. The Morgan fingerprint density at radius 1 is 1.02 bits per heavy atom. The van der Waals surface area contributed by atoms with Gasteiger partial charge in [-0.1, -0.05) is 36.4 Å². The van der Waals surface area contributed by atoms with Crippen LogP contribution >= 0.6 is 0 Å². The Morgan fingerprint density at radius 2 is 1.90 bits per heavy atom. The third kappa shape index (κ3) is 4.90. The molecule has 9 rings (SSSR count). The number of H-pyrrole nitrogens is 2. The van der Waals surface area contributed by atoms with Gasteiger partial charge in [0.25, 0.3) is 0 Å². The number of allylic oxidation sites excluding steroid dienone is 6. The van der Waals surface area contributed by atoms with Crippen molar-refractivity contribution in [3.05, 3.63) is 131 Å². The average molecular weight is 645 g/mol. The molecule has 2 aliphatic heterocycles. The fourth-order valence-electron chi connectivity index (χ4n) is 7.47. The molecule has 242 valence electrons. The summed E-state index contributed by atoms with van der Waals surface area (Å²) in [5.41, 5.74) is 7.85. The fourth-order valence-corrected chi connectivity index (χ4v) is 7.47. The average Bonchev–Trinajstić information content (AvgIpc) is 3.94. The number of hydrogen-bond acceptors (Lipinski definition) is 5. The Bertz CT molecular complexity index is 2140. The fraction of sp³-hybridized carbons (Fsp3) is 0.263. The topological polar surface area (TPSA) is 92.8 Å². The SMILES string of the molecule is COC1=CCC(c2ccc(C3OC4=C(c5cc6cc(-c7cnc[nH]7)ccc6n53)C(F)CC(c3cnc(C5CC(F)CN5)[nH]3)=C4)cc2)C=C1. The molecule has 5 atom stereocenters. The van der Waals surface area contributed by atoms with Crippen molar-refractivity contribution in [3.63, 3.8) is 0 Å². The van der Waals surface area contributed by atoms with Gasteiger partial charge >= 0.3 is 0 Å². The molecule has 5 aromatic rings. The van der Waals surface area contributed by atoms with Crippen molar-refractivity contribution in [2.75, 3.05) is 13.7 Å². The Kier molecular flexibility index (Phi) is 6.93. The molecule has 10 heteroatoms. The molecule has 0 saturated carbocycles. The zero-order chi connectivity index (χ0) is 32.4. The maximum Gasteiger partial charge on any atom is 0.203 e. The lowest BCUT2D eigenvalue weighted by Gasteiger charge is -2.34. The van der Waals surface area contributed by atoms with Gasteiger partial charge in [0.05, 0.1) is 60.0 Å². The van der Waals surface area contributed by atoms with Crippen LogP contribution in [0.25, 0.3) is 33.3 Å². The highest BCUT2D eigenvalue weighted by molar-refractivity contribution is 5.92. The van der Waals surface area contributed by atoms with Crippen LogP contribution in [0.2, 0.25) is 0 Å². The maximum absolute atomic E-state index is 16.4. The van der Waals surface area contributed by atoms with Crippen molar-refractivity contribution in [1.29, 1.82) is 0 Å². The number of fused-ring (bicyclic) bond motifs is 4. The van der Waals surface area contributed by atoms with E-state index in [0.717, 1.165) is 51.2 Å². The van der Waals surface area contributed by atoms with Crippen LogP contribution in [0.1, 0.15) is 65.8 Å². The van der Waals surface area contributed by atoms with E-state index >= 15 is 4.39 Å². The van der Waals surface area contributed by atoms with Crippen LogP contribution in [0.15, 0.2) is 103 Å². The van der Waals surface area contributed by atoms with Gasteiger partial charge in [-0.25, -0.2) is 18.7 Å². The van der Waals surface area contributed by atoms with Crippen molar-refractivity contribution in [2.45, 2.75) is 49.8 Å².